The summed E-state index contributed by atoms with van der Waals surface area (Å²) in [5.74, 6) is 5.65. The van der Waals surface area contributed by atoms with Crippen LogP contribution in [0.1, 0.15) is 31.1 Å². The van der Waals surface area contributed by atoms with Gasteiger partial charge in [-0.25, -0.2) is 0 Å². The van der Waals surface area contributed by atoms with E-state index < -0.39 is 0 Å². The molecular formula is C12H18N4O. The van der Waals surface area contributed by atoms with E-state index >= 15 is 0 Å². The van der Waals surface area contributed by atoms with E-state index in [-0.39, 0.29) is 12.5 Å². The Bertz CT molecular complexity index is 451. The lowest BCUT2D eigenvalue weighted by Crippen LogP contribution is -2.30. The van der Waals surface area contributed by atoms with E-state index in [4.69, 9.17) is 5.73 Å². The van der Waals surface area contributed by atoms with Crippen molar-refractivity contribution in [2.45, 2.75) is 26.8 Å². The largest absolute Gasteiger partial charge is 0.344 e. The van der Waals surface area contributed by atoms with Crippen LogP contribution in [0.15, 0.2) is 6.20 Å². The third-order valence-electron chi connectivity index (χ3n) is 2.23. The Labute approximate surface area is 101 Å². The minimum atomic E-state index is -0.200. The molecule has 17 heavy (non-hydrogen) atoms. The molecule has 0 saturated heterocycles. The standard InChI is InChI=1S/C12H18N4O/c1-9(2)16-8-11(10(3)15-16)5-4-6-14-12(17)7-13/h8-9H,6-7,13H2,1-3H3,(H,14,17). The van der Waals surface area contributed by atoms with Gasteiger partial charge in [-0.05, 0) is 20.8 Å². The van der Waals surface area contributed by atoms with Crippen LogP contribution in [0.3, 0.4) is 0 Å². The maximum absolute atomic E-state index is 10.9. The zero-order valence-corrected chi connectivity index (χ0v) is 10.4. The molecule has 0 bridgehead atoms. The lowest BCUT2D eigenvalue weighted by molar-refractivity contribution is -0.119. The Balaban J connectivity index is 2.62. The monoisotopic (exact) mass is 234 g/mol. The van der Waals surface area contributed by atoms with Crippen LogP contribution >= 0.6 is 0 Å². The smallest absolute Gasteiger partial charge is 0.234 e. The second kappa shape index (κ2) is 6.06. The Morgan fingerprint density at radius 3 is 2.88 bits per heavy atom. The summed E-state index contributed by atoms with van der Waals surface area (Å²) in [6, 6.07) is 0.321. The SMILES string of the molecule is Cc1nn(C(C)C)cc1C#CCNC(=O)CN. The summed E-state index contributed by atoms with van der Waals surface area (Å²) >= 11 is 0. The predicted molar refractivity (Wildman–Crippen MR) is 66.3 cm³/mol. The van der Waals surface area contributed by atoms with Gasteiger partial charge in [0.25, 0.3) is 0 Å². The molecule has 1 rings (SSSR count). The molecule has 1 aromatic rings. The number of carbonyl (C=O) groups excluding carboxylic acids is 1. The summed E-state index contributed by atoms with van der Waals surface area (Å²) in [6.07, 6.45) is 1.91. The van der Waals surface area contributed by atoms with Crippen molar-refractivity contribution in [1.82, 2.24) is 15.1 Å². The Morgan fingerprint density at radius 2 is 2.35 bits per heavy atom. The van der Waals surface area contributed by atoms with Gasteiger partial charge in [-0.2, -0.15) is 5.10 Å². The molecule has 3 N–H and O–H groups in total. The molecule has 1 amide bonds. The average Bonchev–Trinajstić information content (AvgIpc) is 2.66. The van der Waals surface area contributed by atoms with E-state index in [1.54, 1.807) is 0 Å². The number of carbonyl (C=O) groups is 1. The van der Waals surface area contributed by atoms with Gasteiger partial charge in [-0.3, -0.25) is 9.48 Å². The molecule has 0 radical (unpaired) electrons. The number of nitrogens with one attached hydrogen (secondary N) is 1. The second-order valence-corrected chi connectivity index (χ2v) is 3.98. The van der Waals surface area contributed by atoms with E-state index in [2.05, 4.69) is 36.1 Å². The first kappa shape index (κ1) is 13.3. The van der Waals surface area contributed by atoms with Crippen LogP contribution in [0.4, 0.5) is 0 Å². The molecule has 5 heteroatoms. The first-order chi connectivity index (χ1) is 8.04. The van der Waals surface area contributed by atoms with E-state index in [0.717, 1.165) is 11.3 Å². The fourth-order valence-electron chi connectivity index (χ4n) is 1.22. The molecule has 1 aromatic heterocycles. The minimum Gasteiger partial charge on any atom is -0.344 e. The van der Waals surface area contributed by atoms with Gasteiger partial charge in [0.2, 0.25) is 5.91 Å². The van der Waals surface area contributed by atoms with Crippen LogP contribution in [0.5, 0.6) is 0 Å². The molecule has 0 aliphatic heterocycles. The second-order valence-electron chi connectivity index (χ2n) is 3.98. The first-order valence-corrected chi connectivity index (χ1v) is 5.56. The minimum absolute atomic E-state index is 0.00795. The van der Waals surface area contributed by atoms with Crippen LogP contribution in [0.2, 0.25) is 0 Å². The summed E-state index contributed by atoms with van der Waals surface area (Å²) in [5.41, 5.74) is 6.94. The summed E-state index contributed by atoms with van der Waals surface area (Å²) in [6.45, 7) is 6.34. The number of nitrogens with two attached hydrogens (primary N) is 1. The van der Waals surface area contributed by atoms with Crippen LogP contribution in [0.25, 0.3) is 0 Å². The highest BCUT2D eigenvalue weighted by atomic mass is 16.1. The van der Waals surface area contributed by atoms with E-state index in [1.807, 2.05) is 17.8 Å². The van der Waals surface area contributed by atoms with Crippen molar-refractivity contribution in [1.29, 1.82) is 0 Å². The summed E-state index contributed by atoms with van der Waals surface area (Å²) in [5, 5.41) is 6.93. The van der Waals surface area contributed by atoms with Gasteiger partial charge in [-0.15, -0.1) is 0 Å². The number of aryl methyl sites for hydroxylation is 1. The van der Waals surface area contributed by atoms with Crippen molar-refractivity contribution in [3.8, 4) is 11.8 Å². The molecule has 92 valence electrons. The molecule has 0 aliphatic carbocycles. The number of hydrogen-bond acceptors (Lipinski definition) is 3. The van der Waals surface area contributed by atoms with E-state index in [9.17, 15) is 4.79 Å². The summed E-state index contributed by atoms with van der Waals surface area (Å²) in [4.78, 5) is 10.9. The normalized spacial score (nSPS) is 9.94. The van der Waals surface area contributed by atoms with Gasteiger partial charge >= 0.3 is 0 Å². The zero-order chi connectivity index (χ0) is 12.8. The number of hydrogen-bond donors (Lipinski definition) is 2. The van der Waals surface area contributed by atoms with Gasteiger partial charge < -0.3 is 11.1 Å². The highest BCUT2D eigenvalue weighted by Gasteiger charge is 2.04. The van der Waals surface area contributed by atoms with Crippen molar-refractivity contribution in [3.63, 3.8) is 0 Å². The number of rotatable bonds is 3. The molecule has 0 atom stereocenters. The van der Waals surface area contributed by atoms with Crippen molar-refractivity contribution < 1.29 is 4.79 Å². The van der Waals surface area contributed by atoms with Crippen LogP contribution in [-0.4, -0.2) is 28.8 Å². The van der Waals surface area contributed by atoms with Crippen molar-refractivity contribution >= 4 is 5.91 Å². The maximum Gasteiger partial charge on any atom is 0.234 e. The third-order valence-corrected chi connectivity index (χ3v) is 2.23. The fraction of sp³-hybridized carbons (Fsp3) is 0.500. The highest BCUT2D eigenvalue weighted by molar-refractivity contribution is 5.77. The van der Waals surface area contributed by atoms with Gasteiger partial charge in [0.15, 0.2) is 0 Å². The quantitative estimate of drug-likeness (QED) is 0.734. The average molecular weight is 234 g/mol. The number of amides is 1. The van der Waals surface area contributed by atoms with Gasteiger partial charge in [0, 0.05) is 12.2 Å². The molecule has 0 fully saturated rings. The first-order valence-electron chi connectivity index (χ1n) is 5.56. The molecule has 0 aliphatic rings. The molecular weight excluding hydrogens is 216 g/mol. The fourth-order valence-corrected chi connectivity index (χ4v) is 1.22. The van der Waals surface area contributed by atoms with Gasteiger partial charge in [-0.1, -0.05) is 11.8 Å². The van der Waals surface area contributed by atoms with Crippen LogP contribution in [0, 0.1) is 18.8 Å². The lowest BCUT2D eigenvalue weighted by atomic mass is 10.3. The lowest BCUT2D eigenvalue weighted by Gasteiger charge is -2.02. The highest BCUT2D eigenvalue weighted by Crippen LogP contribution is 2.08. The van der Waals surface area contributed by atoms with E-state index in [1.165, 1.54) is 0 Å². The molecule has 1 heterocycles. The third kappa shape index (κ3) is 3.93. The zero-order valence-electron chi connectivity index (χ0n) is 10.4. The summed E-state index contributed by atoms with van der Waals surface area (Å²) in [7, 11) is 0. The molecule has 0 unspecified atom stereocenters. The molecule has 5 nitrogen and oxygen atoms in total. The predicted octanol–water partition coefficient (Wildman–Crippen LogP) is 0.199. The topological polar surface area (TPSA) is 72.9 Å². The van der Waals surface area contributed by atoms with Gasteiger partial charge in [0.05, 0.1) is 24.3 Å². The van der Waals surface area contributed by atoms with Crippen molar-refractivity contribution in [2.24, 2.45) is 5.73 Å². The Kier molecular flexibility index (Phi) is 4.73. The maximum atomic E-state index is 10.9. The van der Waals surface area contributed by atoms with E-state index in [0.29, 0.717) is 12.6 Å². The van der Waals surface area contributed by atoms with Gasteiger partial charge in [0.1, 0.15) is 0 Å². The Hall–Kier alpha value is -1.80. The Morgan fingerprint density at radius 1 is 1.65 bits per heavy atom. The number of aromatic nitrogens is 2. The molecule has 0 spiro atoms. The molecule has 0 aromatic carbocycles. The van der Waals surface area contributed by atoms with Crippen LogP contribution in [-0.2, 0) is 4.79 Å². The van der Waals surface area contributed by atoms with Crippen molar-refractivity contribution in [3.05, 3.63) is 17.5 Å². The summed E-state index contributed by atoms with van der Waals surface area (Å²) < 4.78 is 1.87. The van der Waals surface area contributed by atoms with Crippen LogP contribution < -0.4 is 11.1 Å². The van der Waals surface area contributed by atoms with Crippen molar-refractivity contribution in [2.75, 3.05) is 13.1 Å². The molecule has 0 saturated carbocycles. The number of nitrogens with zero attached hydrogens (tertiary/aromatic N) is 2.